The van der Waals surface area contributed by atoms with E-state index in [9.17, 15) is 14.3 Å². The van der Waals surface area contributed by atoms with Crippen LogP contribution in [0.15, 0.2) is 36.4 Å². The molecule has 1 fully saturated rings. The predicted molar refractivity (Wildman–Crippen MR) is 123 cm³/mol. The number of rotatable bonds is 7. The van der Waals surface area contributed by atoms with Crippen LogP contribution in [0.4, 0.5) is 4.39 Å². The third-order valence-electron chi connectivity index (χ3n) is 5.78. The third kappa shape index (κ3) is 5.93. The van der Waals surface area contributed by atoms with E-state index in [0.717, 1.165) is 11.1 Å². The summed E-state index contributed by atoms with van der Waals surface area (Å²) < 4.78 is 25.0. The number of aliphatic hydroxyl groups is 1. The van der Waals surface area contributed by atoms with Crippen molar-refractivity contribution in [3.8, 4) is 11.5 Å². The molecule has 0 unspecified atom stereocenters. The first-order chi connectivity index (χ1) is 15.1. The van der Waals surface area contributed by atoms with Crippen molar-refractivity contribution in [3.05, 3.63) is 58.4 Å². The lowest BCUT2D eigenvalue weighted by Gasteiger charge is -2.45. The fraction of sp³-hybridized carbons (Fsp3) is 0.480. The molecule has 1 amide bonds. The summed E-state index contributed by atoms with van der Waals surface area (Å²) in [6.45, 7) is 8.37. The largest absolute Gasteiger partial charge is 0.486 e. The highest BCUT2D eigenvalue weighted by molar-refractivity contribution is 6.32. The summed E-state index contributed by atoms with van der Waals surface area (Å²) in [6, 6.07) is 9.29. The highest BCUT2D eigenvalue weighted by atomic mass is 35.5. The molecule has 0 spiro atoms. The second kappa shape index (κ2) is 10.1. The number of piperidine rings is 1. The Bertz CT molecular complexity index is 926. The normalized spacial score (nSPS) is 21.0. The molecule has 1 heterocycles. The van der Waals surface area contributed by atoms with Crippen LogP contribution in [0.3, 0.4) is 0 Å². The van der Waals surface area contributed by atoms with E-state index in [1.807, 2.05) is 27.7 Å². The van der Waals surface area contributed by atoms with Crippen LogP contribution < -0.4 is 9.47 Å². The lowest BCUT2D eigenvalue weighted by molar-refractivity contribution is -0.150. The number of hydrogen-bond acceptors (Lipinski definition) is 4. The number of hydrogen-bond donors (Lipinski definition) is 1. The molecule has 2 aromatic carbocycles. The summed E-state index contributed by atoms with van der Waals surface area (Å²) >= 11 is 6.20. The van der Waals surface area contributed by atoms with Gasteiger partial charge in [0.05, 0.1) is 6.54 Å². The van der Waals surface area contributed by atoms with Crippen LogP contribution >= 0.6 is 11.6 Å². The first-order valence-electron chi connectivity index (χ1n) is 10.9. The van der Waals surface area contributed by atoms with Gasteiger partial charge >= 0.3 is 0 Å². The Balaban J connectivity index is 1.69. The zero-order valence-corrected chi connectivity index (χ0v) is 19.8. The Labute approximate surface area is 194 Å². The van der Waals surface area contributed by atoms with Gasteiger partial charge in [-0.2, -0.15) is 0 Å². The fourth-order valence-electron chi connectivity index (χ4n) is 4.17. The molecule has 0 radical (unpaired) electrons. The molecule has 5 nitrogen and oxygen atoms in total. The average Bonchev–Trinajstić information content (AvgIpc) is 2.72. The van der Waals surface area contributed by atoms with E-state index in [0.29, 0.717) is 35.9 Å². The van der Waals surface area contributed by atoms with Crippen molar-refractivity contribution in [2.24, 2.45) is 5.92 Å². The fourth-order valence-corrected chi connectivity index (χ4v) is 4.28. The van der Waals surface area contributed by atoms with E-state index in [2.05, 4.69) is 0 Å². The lowest BCUT2D eigenvalue weighted by Crippen LogP contribution is -2.60. The zero-order chi connectivity index (χ0) is 23.5. The number of ether oxygens (including phenoxy) is 2. The standard InChI is InChI=1S/C25H31ClFNO4/c1-16(2)13-25(30)9-10-28(14-22(25)32-20-7-5-19(27)6-8-20)23(29)15-31-21-11-17(3)24(26)18(4)12-21/h5-8,11-12,16,22,30H,9-10,13-15H2,1-4H3/t22-,25+/m0/s1. The Morgan fingerprint density at radius 1 is 1.22 bits per heavy atom. The summed E-state index contributed by atoms with van der Waals surface area (Å²) in [6.07, 6.45) is 0.302. The summed E-state index contributed by atoms with van der Waals surface area (Å²) in [5, 5.41) is 12.0. The number of nitrogens with zero attached hydrogens (tertiary/aromatic N) is 1. The second-order valence-corrected chi connectivity index (χ2v) is 9.39. The maximum Gasteiger partial charge on any atom is 0.260 e. The molecule has 32 heavy (non-hydrogen) atoms. The third-order valence-corrected chi connectivity index (χ3v) is 6.38. The Kier molecular flexibility index (Phi) is 7.67. The van der Waals surface area contributed by atoms with Crippen molar-refractivity contribution < 1.29 is 23.8 Å². The zero-order valence-electron chi connectivity index (χ0n) is 19.0. The quantitative estimate of drug-likeness (QED) is 0.632. The van der Waals surface area contributed by atoms with Crippen LogP contribution in [-0.4, -0.2) is 47.3 Å². The second-order valence-electron chi connectivity index (χ2n) is 9.01. The lowest BCUT2D eigenvalue weighted by atomic mass is 9.81. The molecule has 7 heteroatoms. The van der Waals surface area contributed by atoms with Gasteiger partial charge in [-0.15, -0.1) is 0 Å². The number of benzene rings is 2. The minimum atomic E-state index is -1.08. The topological polar surface area (TPSA) is 59.0 Å². The molecule has 174 valence electrons. The maximum atomic E-state index is 13.3. The monoisotopic (exact) mass is 463 g/mol. The Morgan fingerprint density at radius 2 is 1.84 bits per heavy atom. The van der Waals surface area contributed by atoms with Gasteiger partial charge in [0, 0.05) is 11.6 Å². The van der Waals surface area contributed by atoms with Crippen LogP contribution in [0, 0.1) is 25.6 Å². The molecular weight excluding hydrogens is 433 g/mol. The first-order valence-corrected chi connectivity index (χ1v) is 11.3. The van der Waals surface area contributed by atoms with Crippen molar-refractivity contribution in [2.75, 3.05) is 19.7 Å². The number of likely N-dealkylation sites (tertiary alicyclic amines) is 1. The average molecular weight is 464 g/mol. The van der Waals surface area contributed by atoms with E-state index in [-0.39, 0.29) is 30.8 Å². The number of amides is 1. The van der Waals surface area contributed by atoms with E-state index >= 15 is 0 Å². The molecule has 3 rings (SSSR count). The number of aryl methyl sites for hydroxylation is 2. The molecule has 2 atom stereocenters. The van der Waals surface area contributed by atoms with Gasteiger partial charge in [0.15, 0.2) is 6.61 Å². The summed E-state index contributed by atoms with van der Waals surface area (Å²) in [7, 11) is 0. The molecule has 1 aliphatic rings. The number of carbonyl (C=O) groups is 1. The molecule has 1 saturated heterocycles. The van der Waals surface area contributed by atoms with Crippen LogP contribution in [0.2, 0.25) is 5.02 Å². The SMILES string of the molecule is Cc1cc(OCC(=O)N2CC[C@@](O)(CC(C)C)[C@@H](Oc3ccc(F)cc3)C2)cc(C)c1Cl. The molecule has 0 aliphatic carbocycles. The van der Waals surface area contributed by atoms with Crippen molar-refractivity contribution in [3.63, 3.8) is 0 Å². The number of halogens is 2. The van der Waals surface area contributed by atoms with Crippen molar-refractivity contribution in [2.45, 2.75) is 52.2 Å². The van der Waals surface area contributed by atoms with Crippen molar-refractivity contribution >= 4 is 17.5 Å². The summed E-state index contributed by atoms with van der Waals surface area (Å²) in [5.74, 6) is 0.748. The molecule has 1 N–H and O–H groups in total. The van der Waals surface area contributed by atoms with E-state index in [1.165, 1.54) is 24.3 Å². The highest BCUT2D eigenvalue weighted by Crippen LogP contribution is 2.33. The summed E-state index contributed by atoms with van der Waals surface area (Å²) in [4.78, 5) is 14.5. The molecule has 0 bridgehead atoms. The minimum Gasteiger partial charge on any atom is -0.486 e. The van der Waals surface area contributed by atoms with Crippen LogP contribution in [0.1, 0.15) is 37.8 Å². The Morgan fingerprint density at radius 3 is 2.44 bits per heavy atom. The predicted octanol–water partition coefficient (Wildman–Crippen LogP) is 4.93. The van der Waals surface area contributed by atoms with Crippen molar-refractivity contribution in [1.82, 2.24) is 4.90 Å². The van der Waals surface area contributed by atoms with Gasteiger partial charge in [0.25, 0.3) is 5.91 Å². The smallest absolute Gasteiger partial charge is 0.260 e. The number of carbonyl (C=O) groups excluding carboxylic acids is 1. The highest BCUT2D eigenvalue weighted by Gasteiger charge is 2.44. The van der Waals surface area contributed by atoms with Crippen LogP contribution in [0.5, 0.6) is 11.5 Å². The van der Waals surface area contributed by atoms with Crippen LogP contribution in [0.25, 0.3) is 0 Å². The van der Waals surface area contributed by atoms with Crippen molar-refractivity contribution in [1.29, 1.82) is 0 Å². The molecule has 1 aliphatic heterocycles. The Hall–Kier alpha value is -2.31. The first kappa shape index (κ1) is 24.3. The van der Waals surface area contributed by atoms with Gasteiger partial charge < -0.3 is 19.5 Å². The summed E-state index contributed by atoms with van der Waals surface area (Å²) in [5.41, 5.74) is 0.696. The van der Waals surface area contributed by atoms with E-state index in [1.54, 1.807) is 17.0 Å². The molecular formula is C25H31ClFNO4. The van der Waals surface area contributed by atoms with Gasteiger partial charge in [-0.1, -0.05) is 25.4 Å². The van der Waals surface area contributed by atoms with Gasteiger partial charge in [-0.05, 0) is 80.1 Å². The van der Waals surface area contributed by atoms with Gasteiger partial charge in [-0.25, -0.2) is 4.39 Å². The van der Waals surface area contributed by atoms with E-state index in [4.69, 9.17) is 21.1 Å². The minimum absolute atomic E-state index is 0.119. The van der Waals surface area contributed by atoms with Crippen LogP contribution in [-0.2, 0) is 4.79 Å². The van der Waals surface area contributed by atoms with Gasteiger partial charge in [-0.3, -0.25) is 4.79 Å². The van der Waals surface area contributed by atoms with E-state index < -0.39 is 11.7 Å². The van der Waals surface area contributed by atoms with Gasteiger partial charge in [0.1, 0.15) is 29.0 Å². The maximum absolute atomic E-state index is 13.3. The van der Waals surface area contributed by atoms with Gasteiger partial charge in [0.2, 0.25) is 0 Å². The molecule has 2 aromatic rings. The molecule has 0 saturated carbocycles. The molecule has 0 aromatic heterocycles.